The molecular formula is C17H22N2O2S. The maximum atomic E-state index is 11.8. The minimum atomic E-state index is -0.435. The second kappa shape index (κ2) is 6.57. The molecule has 0 fully saturated rings. The summed E-state index contributed by atoms with van der Waals surface area (Å²) in [5, 5.41) is 6.26. The molecule has 0 aliphatic rings. The summed E-state index contributed by atoms with van der Waals surface area (Å²) in [7, 11) is 0. The van der Waals surface area contributed by atoms with Crippen molar-refractivity contribution in [3.63, 3.8) is 0 Å². The Balaban J connectivity index is 2.08. The molecule has 0 aliphatic heterocycles. The summed E-state index contributed by atoms with van der Waals surface area (Å²) in [5.74, 6) is 0. The Labute approximate surface area is 135 Å². The van der Waals surface area contributed by atoms with Crippen molar-refractivity contribution in [2.75, 3.05) is 16.9 Å². The van der Waals surface area contributed by atoms with Gasteiger partial charge in [-0.15, -0.1) is 11.8 Å². The number of anilines is 2. The van der Waals surface area contributed by atoms with E-state index in [1.165, 1.54) is 4.90 Å². The van der Waals surface area contributed by atoms with E-state index in [0.717, 1.165) is 12.0 Å². The molecule has 0 saturated heterocycles. The van der Waals surface area contributed by atoms with Crippen LogP contribution in [0.15, 0.2) is 38.8 Å². The number of thioether (sulfide) groups is 1. The molecule has 0 heterocycles. The summed E-state index contributed by atoms with van der Waals surface area (Å²) < 4.78 is 0. The molecule has 22 heavy (non-hydrogen) atoms. The van der Waals surface area contributed by atoms with Crippen molar-refractivity contribution in [3.05, 3.63) is 50.3 Å². The van der Waals surface area contributed by atoms with Crippen LogP contribution >= 0.6 is 11.8 Å². The average molecular weight is 318 g/mol. The summed E-state index contributed by atoms with van der Waals surface area (Å²) >= 11 is 1.69. The predicted molar refractivity (Wildman–Crippen MR) is 94.9 cm³/mol. The van der Waals surface area contributed by atoms with Crippen LogP contribution < -0.4 is 21.5 Å². The van der Waals surface area contributed by atoms with Gasteiger partial charge >= 0.3 is 0 Å². The van der Waals surface area contributed by atoms with Crippen molar-refractivity contribution in [1.82, 2.24) is 0 Å². The number of benzene rings is 1. The van der Waals surface area contributed by atoms with E-state index in [9.17, 15) is 9.59 Å². The summed E-state index contributed by atoms with van der Waals surface area (Å²) in [6.45, 7) is 6.59. The SMILES string of the molecule is CCC(C)(C)Nc1c(NCc2ccc(SC)cc2)c(=O)c1=O. The van der Waals surface area contributed by atoms with Gasteiger partial charge in [-0.05, 0) is 44.2 Å². The van der Waals surface area contributed by atoms with E-state index in [-0.39, 0.29) is 5.54 Å². The fourth-order valence-electron chi connectivity index (χ4n) is 2.04. The molecule has 118 valence electrons. The lowest BCUT2D eigenvalue weighted by atomic mass is 10.00. The quantitative estimate of drug-likeness (QED) is 0.606. The van der Waals surface area contributed by atoms with E-state index in [0.29, 0.717) is 17.9 Å². The fraction of sp³-hybridized carbons (Fsp3) is 0.412. The van der Waals surface area contributed by atoms with E-state index < -0.39 is 10.9 Å². The van der Waals surface area contributed by atoms with Crippen molar-refractivity contribution in [2.24, 2.45) is 0 Å². The van der Waals surface area contributed by atoms with E-state index in [2.05, 4.69) is 10.6 Å². The summed E-state index contributed by atoms with van der Waals surface area (Å²) in [5.41, 5.74) is 0.819. The van der Waals surface area contributed by atoms with Gasteiger partial charge in [0.25, 0.3) is 10.9 Å². The van der Waals surface area contributed by atoms with Crippen molar-refractivity contribution in [1.29, 1.82) is 0 Å². The summed E-state index contributed by atoms with van der Waals surface area (Å²) in [4.78, 5) is 24.7. The molecule has 0 saturated carbocycles. The van der Waals surface area contributed by atoms with Crippen LogP contribution in [0.3, 0.4) is 0 Å². The molecule has 0 bridgehead atoms. The highest BCUT2D eigenvalue weighted by atomic mass is 32.2. The van der Waals surface area contributed by atoms with E-state index in [1.807, 2.05) is 51.3 Å². The maximum absolute atomic E-state index is 11.8. The summed E-state index contributed by atoms with van der Waals surface area (Å²) in [6, 6.07) is 8.13. The largest absolute Gasteiger partial charge is 0.376 e. The van der Waals surface area contributed by atoms with Crippen molar-refractivity contribution >= 4 is 23.1 Å². The van der Waals surface area contributed by atoms with Crippen molar-refractivity contribution in [2.45, 2.75) is 44.2 Å². The van der Waals surface area contributed by atoms with Crippen LogP contribution in [0.1, 0.15) is 32.8 Å². The zero-order valence-electron chi connectivity index (χ0n) is 13.4. The predicted octanol–water partition coefficient (Wildman–Crippen LogP) is 3.22. The Morgan fingerprint density at radius 3 is 2.18 bits per heavy atom. The molecule has 2 aromatic rings. The maximum Gasteiger partial charge on any atom is 0.253 e. The smallest absolute Gasteiger partial charge is 0.253 e. The van der Waals surface area contributed by atoms with Gasteiger partial charge in [0.05, 0.1) is 0 Å². The topological polar surface area (TPSA) is 58.2 Å². The molecule has 2 aromatic carbocycles. The first kappa shape index (κ1) is 16.6. The third-order valence-corrected chi connectivity index (χ3v) is 4.63. The van der Waals surface area contributed by atoms with Crippen LogP contribution in [0, 0.1) is 0 Å². The first-order valence-corrected chi connectivity index (χ1v) is 8.58. The van der Waals surface area contributed by atoms with Crippen LogP contribution in [0.5, 0.6) is 0 Å². The van der Waals surface area contributed by atoms with Crippen LogP contribution in [0.2, 0.25) is 0 Å². The Morgan fingerprint density at radius 2 is 1.64 bits per heavy atom. The van der Waals surface area contributed by atoms with Crippen molar-refractivity contribution < 1.29 is 0 Å². The third kappa shape index (κ3) is 3.53. The standard InChI is InChI=1S/C17H22N2O2S/c1-5-17(2,3)19-14-13(15(20)16(14)21)18-10-11-6-8-12(22-4)9-7-11/h6-9,18-19H,5,10H2,1-4H3. The van der Waals surface area contributed by atoms with Gasteiger partial charge in [-0.3, -0.25) is 9.59 Å². The molecule has 2 N–H and O–H groups in total. The second-order valence-electron chi connectivity index (χ2n) is 5.97. The molecule has 0 unspecified atom stereocenters. The summed E-state index contributed by atoms with van der Waals surface area (Å²) in [6.07, 6.45) is 2.89. The van der Waals surface area contributed by atoms with E-state index in [1.54, 1.807) is 11.8 Å². The zero-order chi connectivity index (χ0) is 16.3. The lowest BCUT2D eigenvalue weighted by molar-refractivity contribution is 0.546. The Morgan fingerprint density at radius 1 is 1.05 bits per heavy atom. The van der Waals surface area contributed by atoms with E-state index in [4.69, 9.17) is 0 Å². The van der Waals surface area contributed by atoms with Crippen LogP contribution in [0.25, 0.3) is 0 Å². The molecule has 0 radical (unpaired) electrons. The molecule has 0 aliphatic carbocycles. The average Bonchev–Trinajstić information content (AvgIpc) is 2.54. The monoisotopic (exact) mass is 318 g/mol. The molecule has 2 rings (SSSR count). The number of rotatable bonds is 7. The molecular weight excluding hydrogens is 296 g/mol. The number of nitrogens with one attached hydrogen (secondary N) is 2. The third-order valence-electron chi connectivity index (χ3n) is 3.89. The second-order valence-corrected chi connectivity index (χ2v) is 6.85. The Kier molecular flexibility index (Phi) is 4.96. The van der Waals surface area contributed by atoms with Gasteiger partial charge in [-0.2, -0.15) is 0 Å². The normalized spacial score (nSPS) is 11.6. The van der Waals surface area contributed by atoms with Gasteiger partial charge in [0, 0.05) is 17.0 Å². The minimum absolute atomic E-state index is 0.210. The van der Waals surface area contributed by atoms with Crippen molar-refractivity contribution in [3.8, 4) is 0 Å². The lowest BCUT2D eigenvalue weighted by Crippen LogP contribution is -2.42. The highest BCUT2D eigenvalue weighted by molar-refractivity contribution is 7.98. The molecule has 0 amide bonds. The van der Waals surface area contributed by atoms with Gasteiger partial charge in [-0.25, -0.2) is 0 Å². The fourth-order valence-corrected chi connectivity index (χ4v) is 2.45. The van der Waals surface area contributed by atoms with Gasteiger partial charge < -0.3 is 10.6 Å². The number of hydrogen-bond donors (Lipinski definition) is 2. The molecule has 0 aromatic heterocycles. The Hall–Kier alpha value is -1.75. The molecule has 5 heteroatoms. The van der Waals surface area contributed by atoms with E-state index >= 15 is 0 Å². The van der Waals surface area contributed by atoms with Crippen LogP contribution in [-0.4, -0.2) is 11.8 Å². The minimum Gasteiger partial charge on any atom is -0.376 e. The Bertz CT molecular complexity index is 713. The lowest BCUT2D eigenvalue weighted by Gasteiger charge is -2.27. The van der Waals surface area contributed by atoms with Gasteiger partial charge in [-0.1, -0.05) is 19.1 Å². The van der Waals surface area contributed by atoms with Crippen LogP contribution in [-0.2, 0) is 6.54 Å². The first-order chi connectivity index (χ1) is 10.4. The highest BCUT2D eigenvalue weighted by Gasteiger charge is 2.25. The zero-order valence-corrected chi connectivity index (χ0v) is 14.3. The number of hydrogen-bond acceptors (Lipinski definition) is 5. The highest BCUT2D eigenvalue weighted by Crippen LogP contribution is 2.22. The first-order valence-electron chi connectivity index (χ1n) is 7.36. The molecule has 0 atom stereocenters. The van der Waals surface area contributed by atoms with Gasteiger partial charge in [0.1, 0.15) is 11.4 Å². The molecule has 0 spiro atoms. The van der Waals surface area contributed by atoms with Gasteiger partial charge in [0.15, 0.2) is 0 Å². The van der Waals surface area contributed by atoms with Crippen LogP contribution in [0.4, 0.5) is 11.4 Å². The van der Waals surface area contributed by atoms with Gasteiger partial charge in [0.2, 0.25) is 0 Å². The molecule has 4 nitrogen and oxygen atoms in total.